The third-order valence-electron chi connectivity index (χ3n) is 4.01. The lowest BCUT2D eigenvalue weighted by Crippen LogP contribution is -2.32. The maximum Gasteiger partial charge on any atom is 0.254 e. The predicted molar refractivity (Wildman–Crippen MR) is 81.4 cm³/mol. The lowest BCUT2D eigenvalue weighted by atomic mass is 10.1. The van der Waals surface area contributed by atoms with E-state index in [2.05, 4.69) is 15.5 Å². The highest BCUT2D eigenvalue weighted by atomic mass is 16.2. The Hall–Kier alpha value is -2.63. The van der Waals surface area contributed by atoms with Crippen molar-refractivity contribution in [3.63, 3.8) is 0 Å². The molecular formula is C16H18N4O2. The second kappa shape index (κ2) is 6.01. The van der Waals surface area contributed by atoms with E-state index in [4.69, 9.17) is 0 Å². The van der Waals surface area contributed by atoms with Crippen LogP contribution in [0.4, 0.5) is 0 Å². The number of rotatable bonds is 3. The zero-order valence-electron chi connectivity index (χ0n) is 12.4. The smallest absolute Gasteiger partial charge is 0.254 e. The molecule has 0 spiro atoms. The molecule has 0 saturated carbocycles. The van der Waals surface area contributed by atoms with E-state index in [0.717, 1.165) is 12.8 Å². The molecule has 1 aromatic carbocycles. The van der Waals surface area contributed by atoms with Gasteiger partial charge in [-0.15, -0.1) is 0 Å². The number of benzene rings is 1. The molecule has 2 heterocycles. The Balaban J connectivity index is 1.90. The first-order valence-electron chi connectivity index (χ1n) is 7.33. The highest BCUT2D eigenvalue weighted by Crippen LogP contribution is 2.33. The summed E-state index contributed by atoms with van der Waals surface area (Å²) in [5.41, 5.74) is 1.87. The fourth-order valence-corrected chi connectivity index (χ4v) is 2.92. The van der Waals surface area contributed by atoms with Crippen LogP contribution in [0.15, 0.2) is 36.5 Å². The van der Waals surface area contributed by atoms with Crippen LogP contribution in [-0.2, 0) is 0 Å². The lowest BCUT2D eigenvalue weighted by Gasteiger charge is -2.24. The van der Waals surface area contributed by atoms with Crippen LogP contribution in [-0.4, -0.2) is 40.5 Å². The van der Waals surface area contributed by atoms with Gasteiger partial charge in [0, 0.05) is 19.2 Å². The summed E-state index contributed by atoms with van der Waals surface area (Å²) in [4.78, 5) is 26.4. The number of hydrogen-bond donors (Lipinski definition) is 2. The maximum atomic E-state index is 12.7. The number of carbonyl (C=O) groups is 2. The Morgan fingerprint density at radius 3 is 2.82 bits per heavy atom. The average molecular weight is 298 g/mol. The largest absolute Gasteiger partial charge is 0.355 e. The van der Waals surface area contributed by atoms with Gasteiger partial charge >= 0.3 is 0 Å². The van der Waals surface area contributed by atoms with Crippen LogP contribution in [0.3, 0.4) is 0 Å². The first-order valence-corrected chi connectivity index (χ1v) is 7.33. The van der Waals surface area contributed by atoms with Crippen LogP contribution in [0.2, 0.25) is 0 Å². The highest BCUT2D eigenvalue weighted by molar-refractivity contribution is 5.96. The minimum atomic E-state index is -0.192. The zero-order valence-corrected chi connectivity index (χ0v) is 12.4. The molecule has 114 valence electrons. The van der Waals surface area contributed by atoms with Crippen molar-refractivity contribution >= 4 is 11.8 Å². The summed E-state index contributed by atoms with van der Waals surface area (Å²) in [6.07, 6.45) is 3.25. The number of nitrogens with zero attached hydrogens (tertiary/aromatic N) is 2. The van der Waals surface area contributed by atoms with E-state index in [1.165, 1.54) is 6.20 Å². The fraction of sp³-hybridized carbons (Fsp3) is 0.312. The molecule has 6 nitrogen and oxygen atoms in total. The van der Waals surface area contributed by atoms with Crippen LogP contribution in [0.25, 0.3) is 0 Å². The molecule has 2 amide bonds. The quantitative estimate of drug-likeness (QED) is 0.906. The number of aromatic amines is 1. The van der Waals surface area contributed by atoms with Crippen LogP contribution >= 0.6 is 0 Å². The number of hydrogen-bond acceptors (Lipinski definition) is 3. The molecule has 0 aliphatic carbocycles. The molecule has 2 aromatic rings. The van der Waals surface area contributed by atoms with E-state index >= 15 is 0 Å². The van der Waals surface area contributed by atoms with Crippen molar-refractivity contribution in [3.8, 4) is 0 Å². The highest BCUT2D eigenvalue weighted by Gasteiger charge is 2.34. The molecule has 1 atom stereocenters. The minimum absolute atomic E-state index is 0.0134. The van der Waals surface area contributed by atoms with E-state index in [9.17, 15) is 9.59 Å². The van der Waals surface area contributed by atoms with E-state index in [1.807, 2.05) is 35.2 Å². The molecule has 0 radical (unpaired) electrons. The molecular weight excluding hydrogens is 280 g/mol. The van der Waals surface area contributed by atoms with Crippen molar-refractivity contribution in [1.82, 2.24) is 20.4 Å². The van der Waals surface area contributed by atoms with E-state index in [1.54, 1.807) is 7.05 Å². The molecule has 6 heteroatoms. The van der Waals surface area contributed by atoms with E-state index < -0.39 is 0 Å². The van der Waals surface area contributed by atoms with Crippen molar-refractivity contribution in [2.45, 2.75) is 18.9 Å². The van der Waals surface area contributed by atoms with E-state index in [0.29, 0.717) is 23.4 Å². The van der Waals surface area contributed by atoms with Gasteiger partial charge in [-0.2, -0.15) is 5.10 Å². The van der Waals surface area contributed by atoms with Gasteiger partial charge in [-0.1, -0.05) is 18.2 Å². The average Bonchev–Trinajstić information content (AvgIpc) is 3.22. The topological polar surface area (TPSA) is 78.1 Å². The summed E-state index contributed by atoms with van der Waals surface area (Å²) in [6.45, 7) is 0.685. The Kier molecular flexibility index (Phi) is 3.91. The van der Waals surface area contributed by atoms with Crippen molar-refractivity contribution < 1.29 is 9.59 Å². The Morgan fingerprint density at radius 1 is 1.32 bits per heavy atom. The van der Waals surface area contributed by atoms with Gasteiger partial charge in [0.25, 0.3) is 11.8 Å². The molecule has 1 saturated heterocycles. The molecule has 1 fully saturated rings. The number of aromatic nitrogens is 2. The number of amides is 2. The predicted octanol–water partition coefficient (Wildman–Crippen LogP) is 1.75. The Bertz CT molecular complexity index is 680. The Morgan fingerprint density at radius 2 is 2.09 bits per heavy atom. The molecule has 1 aliphatic heterocycles. The molecule has 1 aliphatic rings. The van der Waals surface area contributed by atoms with Crippen LogP contribution < -0.4 is 5.32 Å². The normalized spacial score (nSPS) is 17.5. The second-order valence-corrected chi connectivity index (χ2v) is 5.30. The number of carbonyl (C=O) groups excluding carboxylic acids is 2. The summed E-state index contributed by atoms with van der Waals surface area (Å²) in [5.74, 6) is -0.205. The molecule has 2 N–H and O–H groups in total. The number of nitrogens with one attached hydrogen (secondary N) is 2. The Labute approximate surface area is 128 Å². The van der Waals surface area contributed by atoms with Gasteiger partial charge in [0.1, 0.15) is 0 Å². The summed E-state index contributed by atoms with van der Waals surface area (Å²) >= 11 is 0. The lowest BCUT2D eigenvalue weighted by molar-refractivity contribution is 0.0729. The van der Waals surface area contributed by atoms with Crippen molar-refractivity contribution in [2.75, 3.05) is 13.6 Å². The third-order valence-corrected chi connectivity index (χ3v) is 4.01. The standard InChI is InChI=1S/C16H18N4O2/c1-17-15(21)12-10-18-19-14(12)13-8-5-9-20(13)16(22)11-6-3-2-4-7-11/h2-4,6-7,10,13H,5,8-9H2,1H3,(H,17,21)(H,18,19). The van der Waals surface area contributed by atoms with Crippen LogP contribution in [0.5, 0.6) is 0 Å². The summed E-state index contributed by atoms with van der Waals surface area (Å²) in [5, 5.41) is 9.48. The van der Waals surface area contributed by atoms with Crippen molar-refractivity contribution in [3.05, 3.63) is 53.3 Å². The summed E-state index contributed by atoms with van der Waals surface area (Å²) < 4.78 is 0. The van der Waals surface area contributed by atoms with Gasteiger partial charge in [-0.3, -0.25) is 14.7 Å². The fourth-order valence-electron chi connectivity index (χ4n) is 2.92. The molecule has 1 unspecified atom stereocenters. The van der Waals surface area contributed by atoms with E-state index in [-0.39, 0.29) is 17.9 Å². The number of H-pyrrole nitrogens is 1. The monoisotopic (exact) mass is 298 g/mol. The second-order valence-electron chi connectivity index (χ2n) is 5.30. The molecule has 3 rings (SSSR count). The van der Waals surface area contributed by atoms with Gasteiger partial charge in [-0.25, -0.2) is 0 Å². The summed E-state index contributed by atoms with van der Waals surface area (Å²) in [7, 11) is 1.58. The van der Waals surface area contributed by atoms with Crippen molar-refractivity contribution in [1.29, 1.82) is 0 Å². The maximum absolute atomic E-state index is 12.7. The molecule has 22 heavy (non-hydrogen) atoms. The zero-order chi connectivity index (χ0) is 15.5. The molecule has 0 bridgehead atoms. The minimum Gasteiger partial charge on any atom is -0.355 e. The van der Waals surface area contributed by atoms with Gasteiger partial charge in [-0.05, 0) is 25.0 Å². The van der Waals surface area contributed by atoms with Crippen molar-refractivity contribution in [2.24, 2.45) is 0 Å². The van der Waals surface area contributed by atoms with Crippen LogP contribution in [0, 0.1) is 0 Å². The van der Waals surface area contributed by atoms with Gasteiger partial charge < -0.3 is 10.2 Å². The SMILES string of the molecule is CNC(=O)c1cn[nH]c1C1CCCN1C(=O)c1ccccc1. The van der Waals surface area contributed by atoms with Gasteiger partial charge in [0.05, 0.1) is 23.5 Å². The van der Waals surface area contributed by atoms with Gasteiger partial charge in [0.2, 0.25) is 0 Å². The third kappa shape index (κ3) is 2.47. The first-order chi connectivity index (χ1) is 10.7. The molecule has 1 aromatic heterocycles. The van der Waals surface area contributed by atoms with Gasteiger partial charge in [0.15, 0.2) is 0 Å². The first kappa shape index (κ1) is 14.3. The van der Waals surface area contributed by atoms with Crippen LogP contribution in [0.1, 0.15) is 45.3 Å². The summed E-state index contributed by atoms with van der Waals surface area (Å²) in [6, 6.07) is 9.07. The number of likely N-dealkylation sites (tertiary alicyclic amines) is 1.